The first-order chi connectivity index (χ1) is 9.81. The summed E-state index contributed by atoms with van der Waals surface area (Å²) >= 11 is 0. The van der Waals surface area contributed by atoms with Crippen LogP contribution in [0, 0.1) is 12.8 Å². The van der Waals surface area contributed by atoms with Gasteiger partial charge in [-0.2, -0.15) is 4.72 Å². The SMILES string of the molecule is C=C[C@@H](C)[C@H](NS(=O)(=O)c1ccc(C)cc1)C(=O)OCC. The molecule has 0 amide bonds. The molecule has 0 aliphatic heterocycles. The fourth-order valence-electron chi connectivity index (χ4n) is 1.69. The highest BCUT2D eigenvalue weighted by Crippen LogP contribution is 2.14. The summed E-state index contributed by atoms with van der Waals surface area (Å²) in [4.78, 5) is 12.0. The maximum atomic E-state index is 12.3. The molecule has 1 aromatic rings. The van der Waals surface area contributed by atoms with Gasteiger partial charge < -0.3 is 4.74 Å². The second kappa shape index (κ2) is 7.38. The number of sulfonamides is 1. The zero-order valence-electron chi connectivity index (χ0n) is 12.5. The van der Waals surface area contributed by atoms with E-state index in [-0.39, 0.29) is 17.4 Å². The molecule has 0 spiro atoms. The van der Waals surface area contributed by atoms with Gasteiger partial charge in [-0.1, -0.05) is 30.7 Å². The van der Waals surface area contributed by atoms with Crippen molar-refractivity contribution in [2.45, 2.75) is 31.7 Å². The van der Waals surface area contributed by atoms with Crippen LogP contribution in [0.5, 0.6) is 0 Å². The number of rotatable bonds is 7. The molecule has 6 heteroatoms. The maximum Gasteiger partial charge on any atom is 0.324 e. The highest BCUT2D eigenvalue weighted by Gasteiger charge is 2.30. The summed E-state index contributed by atoms with van der Waals surface area (Å²) in [6.45, 7) is 9.02. The third kappa shape index (κ3) is 4.68. The van der Waals surface area contributed by atoms with Crippen molar-refractivity contribution < 1.29 is 17.9 Å². The van der Waals surface area contributed by atoms with Crippen LogP contribution in [0.15, 0.2) is 41.8 Å². The number of hydrogen-bond donors (Lipinski definition) is 1. The van der Waals surface area contributed by atoms with Gasteiger partial charge >= 0.3 is 5.97 Å². The Kier molecular flexibility index (Phi) is 6.11. The number of benzene rings is 1. The first-order valence-electron chi connectivity index (χ1n) is 6.70. The third-order valence-corrected chi connectivity index (χ3v) is 4.51. The molecule has 0 aromatic heterocycles. The average molecular weight is 311 g/mol. The van der Waals surface area contributed by atoms with E-state index in [4.69, 9.17) is 4.74 Å². The second-order valence-corrected chi connectivity index (χ2v) is 6.47. The molecule has 1 rings (SSSR count). The Morgan fingerprint density at radius 1 is 1.38 bits per heavy atom. The predicted octanol–water partition coefficient (Wildman–Crippen LogP) is 2.03. The van der Waals surface area contributed by atoms with E-state index in [2.05, 4.69) is 11.3 Å². The van der Waals surface area contributed by atoms with Gasteiger partial charge in [0.2, 0.25) is 10.0 Å². The lowest BCUT2D eigenvalue weighted by molar-refractivity contribution is -0.145. The molecule has 1 N–H and O–H groups in total. The van der Waals surface area contributed by atoms with E-state index in [0.29, 0.717) is 0 Å². The van der Waals surface area contributed by atoms with Gasteiger partial charge in [-0.3, -0.25) is 4.79 Å². The van der Waals surface area contributed by atoms with Crippen LogP contribution >= 0.6 is 0 Å². The molecule has 2 atom stereocenters. The molecule has 1 aromatic carbocycles. The summed E-state index contributed by atoms with van der Waals surface area (Å²) in [7, 11) is -3.79. The van der Waals surface area contributed by atoms with E-state index in [1.165, 1.54) is 18.2 Å². The minimum atomic E-state index is -3.79. The monoisotopic (exact) mass is 311 g/mol. The van der Waals surface area contributed by atoms with Crippen LogP contribution in [0.1, 0.15) is 19.4 Å². The van der Waals surface area contributed by atoms with Crippen molar-refractivity contribution in [1.82, 2.24) is 4.72 Å². The number of esters is 1. The molecular weight excluding hydrogens is 290 g/mol. The molecule has 0 saturated carbocycles. The summed E-state index contributed by atoms with van der Waals surface area (Å²) in [6, 6.07) is 5.40. The van der Waals surface area contributed by atoms with E-state index in [0.717, 1.165) is 5.56 Å². The van der Waals surface area contributed by atoms with Crippen LogP contribution in [0.2, 0.25) is 0 Å². The lowest BCUT2D eigenvalue weighted by atomic mass is 10.0. The largest absolute Gasteiger partial charge is 0.465 e. The number of carbonyl (C=O) groups is 1. The molecule has 21 heavy (non-hydrogen) atoms. The summed E-state index contributed by atoms with van der Waals surface area (Å²) < 4.78 is 32.0. The van der Waals surface area contributed by atoms with Gasteiger partial charge in [0, 0.05) is 5.92 Å². The zero-order chi connectivity index (χ0) is 16.0. The predicted molar refractivity (Wildman–Crippen MR) is 81.3 cm³/mol. The fraction of sp³-hybridized carbons (Fsp3) is 0.400. The van der Waals surface area contributed by atoms with Crippen molar-refractivity contribution in [3.63, 3.8) is 0 Å². The molecule has 0 aliphatic rings. The average Bonchev–Trinajstić information content (AvgIpc) is 2.44. The van der Waals surface area contributed by atoms with Crippen LogP contribution in [-0.2, 0) is 19.6 Å². The molecule has 0 fully saturated rings. The summed E-state index contributed by atoms with van der Waals surface area (Å²) in [5.41, 5.74) is 0.954. The fourth-order valence-corrected chi connectivity index (χ4v) is 2.97. The molecule has 0 heterocycles. The second-order valence-electron chi connectivity index (χ2n) is 4.76. The minimum absolute atomic E-state index is 0.110. The molecule has 0 aliphatic carbocycles. The molecule has 116 valence electrons. The lowest BCUT2D eigenvalue weighted by Gasteiger charge is -2.21. The first kappa shape index (κ1) is 17.4. The van der Waals surface area contributed by atoms with Gasteiger partial charge in [0.1, 0.15) is 6.04 Å². The Morgan fingerprint density at radius 3 is 2.43 bits per heavy atom. The van der Waals surface area contributed by atoms with Crippen LogP contribution in [0.25, 0.3) is 0 Å². The van der Waals surface area contributed by atoms with Crippen LogP contribution in [0.3, 0.4) is 0 Å². The molecule has 0 bridgehead atoms. The van der Waals surface area contributed by atoms with E-state index >= 15 is 0 Å². The Bertz CT molecular complexity index is 593. The molecule has 0 radical (unpaired) electrons. The molecule has 0 saturated heterocycles. The van der Waals surface area contributed by atoms with Crippen molar-refractivity contribution in [2.75, 3.05) is 6.61 Å². The number of aryl methyl sites for hydroxylation is 1. The van der Waals surface area contributed by atoms with Crippen molar-refractivity contribution in [3.8, 4) is 0 Å². The van der Waals surface area contributed by atoms with Gasteiger partial charge in [-0.05, 0) is 26.0 Å². The standard InChI is InChI=1S/C15H21NO4S/c1-5-12(4)14(15(17)20-6-2)16-21(18,19)13-9-7-11(3)8-10-13/h5,7-10,12,14,16H,1,6H2,2-4H3/t12-,14+/m1/s1. The number of nitrogens with one attached hydrogen (secondary N) is 1. The highest BCUT2D eigenvalue weighted by atomic mass is 32.2. The lowest BCUT2D eigenvalue weighted by Crippen LogP contribution is -2.45. The summed E-state index contributed by atoms with van der Waals surface area (Å²) in [6.07, 6.45) is 1.51. The Labute approximate surface area is 126 Å². The van der Waals surface area contributed by atoms with Gasteiger partial charge in [0.05, 0.1) is 11.5 Å². The first-order valence-corrected chi connectivity index (χ1v) is 8.18. The van der Waals surface area contributed by atoms with Crippen LogP contribution in [0.4, 0.5) is 0 Å². The summed E-state index contributed by atoms with van der Waals surface area (Å²) in [5, 5.41) is 0. The molecule has 0 unspecified atom stereocenters. The van der Waals surface area contributed by atoms with Crippen LogP contribution in [-0.4, -0.2) is 27.0 Å². The van der Waals surface area contributed by atoms with Gasteiger partial charge in [-0.25, -0.2) is 8.42 Å². The normalized spacial score (nSPS) is 14.2. The number of carbonyl (C=O) groups excluding carboxylic acids is 1. The molecule has 5 nitrogen and oxygen atoms in total. The zero-order valence-corrected chi connectivity index (χ0v) is 13.3. The van der Waals surface area contributed by atoms with Crippen molar-refractivity contribution in [3.05, 3.63) is 42.5 Å². The van der Waals surface area contributed by atoms with E-state index in [1.54, 1.807) is 26.0 Å². The van der Waals surface area contributed by atoms with Gasteiger partial charge in [0.15, 0.2) is 0 Å². The van der Waals surface area contributed by atoms with E-state index < -0.39 is 22.0 Å². The molecular formula is C15H21NO4S. The topological polar surface area (TPSA) is 72.5 Å². The number of hydrogen-bond acceptors (Lipinski definition) is 4. The van der Waals surface area contributed by atoms with Gasteiger partial charge in [-0.15, -0.1) is 6.58 Å². The number of ether oxygens (including phenoxy) is 1. The van der Waals surface area contributed by atoms with E-state index in [1.807, 2.05) is 6.92 Å². The summed E-state index contributed by atoms with van der Waals surface area (Å²) in [5.74, 6) is -0.995. The van der Waals surface area contributed by atoms with Crippen molar-refractivity contribution >= 4 is 16.0 Å². The highest BCUT2D eigenvalue weighted by molar-refractivity contribution is 7.89. The van der Waals surface area contributed by atoms with Crippen LogP contribution < -0.4 is 4.72 Å². The van der Waals surface area contributed by atoms with Crippen molar-refractivity contribution in [1.29, 1.82) is 0 Å². The third-order valence-electron chi connectivity index (χ3n) is 3.05. The van der Waals surface area contributed by atoms with Gasteiger partial charge in [0.25, 0.3) is 0 Å². The van der Waals surface area contributed by atoms with E-state index in [9.17, 15) is 13.2 Å². The van der Waals surface area contributed by atoms with Crippen molar-refractivity contribution in [2.24, 2.45) is 5.92 Å². The minimum Gasteiger partial charge on any atom is -0.465 e. The Morgan fingerprint density at radius 2 is 1.95 bits per heavy atom. The Balaban J connectivity index is 3.03. The maximum absolute atomic E-state index is 12.3. The quantitative estimate of drug-likeness (QED) is 0.618. The Hall–Kier alpha value is -1.66. The smallest absolute Gasteiger partial charge is 0.324 e.